The van der Waals surface area contributed by atoms with E-state index in [9.17, 15) is 4.79 Å². The summed E-state index contributed by atoms with van der Waals surface area (Å²) in [5, 5.41) is 4.78. The van der Waals surface area contributed by atoms with Crippen LogP contribution in [0.5, 0.6) is 0 Å². The second-order valence-electron chi connectivity index (χ2n) is 4.19. The summed E-state index contributed by atoms with van der Waals surface area (Å²) in [5.74, 6) is 0.211. The number of nitrogen functional groups attached to an aromatic ring is 1. The van der Waals surface area contributed by atoms with Crippen molar-refractivity contribution in [2.24, 2.45) is 5.92 Å². The average Bonchev–Trinajstić information content (AvgIpc) is 2.70. The molecule has 3 N–H and O–H groups in total. The third-order valence-corrected chi connectivity index (χ3v) is 3.45. The molecule has 0 saturated heterocycles. The molecular formula is C12H20N2O2S. The van der Waals surface area contributed by atoms with Gasteiger partial charge in [0.15, 0.2) is 0 Å². The molecule has 1 atom stereocenters. The Hall–Kier alpha value is -1.07. The maximum atomic E-state index is 12.0. The highest BCUT2D eigenvalue weighted by Gasteiger charge is 2.19. The van der Waals surface area contributed by atoms with Crippen molar-refractivity contribution in [1.82, 2.24) is 5.32 Å². The minimum atomic E-state index is -0.115. The fourth-order valence-corrected chi connectivity index (χ4v) is 2.10. The molecule has 1 rings (SSSR count). The molecule has 0 aromatic carbocycles. The molecule has 1 unspecified atom stereocenters. The Morgan fingerprint density at radius 3 is 2.76 bits per heavy atom. The van der Waals surface area contributed by atoms with Gasteiger partial charge in [0.05, 0.1) is 18.3 Å². The Labute approximate surface area is 106 Å². The van der Waals surface area contributed by atoms with Crippen LogP contribution in [0.4, 0.5) is 5.69 Å². The van der Waals surface area contributed by atoms with Crippen LogP contribution in [0.25, 0.3) is 0 Å². The van der Waals surface area contributed by atoms with E-state index in [-0.39, 0.29) is 11.9 Å². The number of rotatable bonds is 6. The predicted molar refractivity (Wildman–Crippen MR) is 71.3 cm³/mol. The van der Waals surface area contributed by atoms with Gasteiger partial charge in [-0.05, 0) is 24.3 Å². The molecule has 0 aliphatic carbocycles. The van der Waals surface area contributed by atoms with E-state index in [0.29, 0.717) is 29.7 Å². The Kier molecular flexibility index (Phi) is 5.44. The molecule has 1 aromatic rings. The first-order chi connectivity index (χ1) is 8.06. The van der Waals surface area contributed by atoms with Crippen LogP contribution >= 0.6 is 11.3 Å². The lowest BCUT2D eigenvalue weighted by Crippen LogP contribution is -2.41. The lowest BCUT2D eigenvalue weighted by Gasteiger charge is -2.21. The number of thiophene rings is 1. The number of ether oxygens (including phenoxy) is 1. The van der Waals surface area contributed by atoms with Crippen LogP contribution < -0.4 is 11.1 Å². The van der Waals surface area contributed by atoms with E-state index in [2.05, 4.69) is 19.2 Å². The number of amides is 1. The molecule has 5 heteroatoms. The number of nitrogens with one attached hydrogen (secondary N) is 1. The highest BCUT2D eigenvalue weighted by atomic mass is 32.1. The lowest BCUT2D eigenvalue weighted by atomic mass is 10.1. The summed E-state index contributed by atoms with van der Waals surface area (Å²) in [4.78, 5) is 12.5. The molecule has 0 saturated carbocycles. The first-order valence-corrected chi connectivity index (χ1v) is 6.65. The van der Waals surface area contributed by atoms with E-state index in [1.165, 1.54) is 11.3 Å². The molecule has 4 nitrogen and oxygen atoms in total. The molecule has 1 aromatic heterocycles. The minimum absolute atomic E-state index is 0.0175. The van der Waals surface area contributed by atoms with E-state index >= 15 is 0 Å². The zero-order valence-electron chi connectivity index (χ0n) is 10.5. The smallest absolute Gasteiger partial charge is 0.263 e. The summed E-state index contributed by atoms with van der Waals surface area (Å²) in [7, 11) is 0. The zero-order chi connectivity index (χ0) is 12.8. The van der Waals surface area contributed by atoms with Gasteiger partial charge < -0.3 is 15.8 Å². The number of hydrogen-bond acceptors (Lipinski definition) is 4. The standard InChI is InChI=1S/C12H20N2O2S/c1-4-16-7-10(8(2)3)14-12(15)11-9(13)5-6-17-11/h5-6,8,10H,4,7,13H2,1-3H3,(H,14,15). The summed E-state index contributed by atoms with van der Waals surface area (Å²) < 4.78 is 5.36. The van der Waals surface area contributed by atoms with E-state index in [0.717, 1.165) is 0 Å². The zero-order valence-corrected chi connectivity index (χ0v) is 11.3. The van der Waals surface area contributed by atoms with Crippen LogP contribution in [0.3, 0.4) is 0 Å². The van der Waals surface area contributed by atoms with Crippen LogP contribution in [0, 0.1) is 5.92 Å². The first kappa shape index (κ1) is 14.0. The summed E-state index contributed by atoms with van der Waals surface area (Å²) in [6.07, 6.45) is 0. The van der Waals surface area contributed by atoms with E-state index in [1.807, 2.05) is 12.3 Å². The minimum Gasteiger partial charge on any atom is -0.397 e. The van der Waals surface area contributed by atoms with E-state index in [4.69, 9.17) is 10.5 Å². The number of anilines is 1. The van der Waals surface area contributed by atoms with Crippen molar-refractivity contribution < 1.29 is 9.53 Å². The third-order valence-electron chi connectivity index (χ3n) is 2.52. The highest BCUT2D eigenvalue weighted by molar-refractivity contribution is 7.12. The van der Waals surface area contributed by atoms with Crippen molar-refractivity contribution in [1.29, 1.82) is 0 Å². The molecule has 0 radical (unpaired) electrons. The molecule has 96 valence electrons. The van der Waals surface area contributed by atoms with Crippen molar-refractivity contribution in [2.75, 3.05) is 18.9 Å². The van der Waals surface area contributed by atoms with Gasteiger partial charge >= 0.3 is 0 Å². The molecule has 1 heterocycles. The van der Waals surface area contributed by atoms with Crippen LogP contribution in [-0.4, -0.2) is 25.2 Å². The summed E-state index contributed by atoms with van der Waals surface area (Å²) in [6, 6.07) is 1.76. The summed E-state index contributed by atoms with van der Waals surface area (Å²) >= 11 is 1.36. The van der Waals surface area contributed by atoms with Gasteiger partial charge in [-0.15, -0.1) is 11.3 Å². The molecule has 17 heavy (non-hydrogen) atoms. The normalized spacial score (nSPS) is 12.7. The van der Waals surface area contributed by atoms with Gasteiger partial charge in [0, 0.05) is 6.61 Å². The molecule has 0 bridgehead atoms. The van der Waals surface area contributed by atoms with Gasteiger partial charge in [0.2, 0.25) is 0 Å². The number of hydrogen-bond donors (Lipinski definition) is 2. The lowest BCUT2D eigenvalue weighted by molar-refractivity contribution is 0.0810. The first-order valence-electron chi connectivity index (χ1n) is 5.77. The van der Waals surface area contributed by atoms with Crippen molar-refractivity contribution in [3.63, 3.8) is 0 Å². The summed E-state index contributed by atoms with van der Waals surface area (Å²) in [5.41, 5.74) is 6.25. The highest BCUT2D eigenvalue weighted by Crippen LogP contribution is 2.19. The molecule has 1 amide bonds. The Bertz CT molecular complexity index is 363. The van der Waals surface area contributed by atoms with Crippen LogP contribution in [-0.2, 0) is 4.74 Å². The Balaban J connectivity index is 2.61. The monoisotopic (exact) mass is 256 g/mol. The van der Waals surface area contributed by atoms with E-state index in [1.54, 1.807) is 6.07 Å². The quantitative estimate of drug-likeness (QED) is 0.819. The van der Waals surface area contributed by atoms with Crippen LogP contribution in [0.15, 0.2) is 11.4 Å². The Morgan fingerprint density at radius 1 is 1.59 bits per heavy atom. The second-order valence-corrected chi connectivity index (χ2v) is 5.10. The van der Waals surface area contributed by atoms with Crippen molar-refractivity contribution in [3.8, 4) is 0 Å². The largest absolute Gasteiger partial charge is 0.397 e. The van der Waals surface area contributed by atoms with Gasteiger partial charge in [-0.3, -0.25) is 4.79 Å². The van der Waals surface area contributed by atoms with Gasteiger partial charge in [-0.25, -0.2) is 0 Å². The molecular weight excluding hydrogens is 236 g/mol. The van der Waals surface area contributed by atoms with Crippen LogP contribution in [0.1, 0.15) is 30.4 Å². The maximum Gasteiger partial charge on any atom is 0.263 e. The van der Waals surface area contributed by atoms with Gasteiger partial charge in [0.1, 0.15) is 4.88 Å². The van der Waals surface area contributed by atoms with Gasteiger partial charge in [-0.1, -0.05) is 13.8 Å². The summed E-state index contributed by atoms with van der Waals surface area (Å²) in [6.45, 7) is 7.24. The predicted octanol–water partition coefficient (Wildman–Crippen LogP) is 2.12. The molecule has 0 aliphatic rings. The SMILES string of the molecule is CCOCC(NC(=O)c1sccc1N)C(C)C. The van der Waals surface area contributed by atoms with Crippen molar-refractivity contribution >= 4 is 22.9 Å². The molecule has 0 spiro atoms. The fourth-order valence-electron chi connectivity index (χ4n) is 1.38. The Morgan fingerprint density at radius 2 is 2.29 bits per heavy atom. The number of carbonyl (C=O) groups excluding carboxylic acids is 1. The molecule has 0 aliphatic heterocycles. The van der Waals surface area contributed by atoms with Gasteiger partial charge in [0.25, 0.3) is 5.91 Å². The maximum absolute atomic E-state index is 12.0. The van der Waals surface area contributed by atoms with Crippen molar-refractivity contribution in [2.45, 2.75) is 26.8 Å². The van der Waals surface area contributed by atoms with Crippen molar-refractivity contribution in [3.05, 3.63) is 16.3 Å². The topological polar surface area (TPSA) is 64.3 Å². The number of nitrogens with two attached hydrogens (primary N) is 1. The number of carbonyl (C=O) groups is 1. The second kappa shape index (κ2) is 6.61. The molecule has 0 fully saturated rings. The fraction of sp³-hybridized carbons (Fsp3) is 0.583. The third kappa shape index (κ3) is 4.02. The average molecular weight is 256 g/mol. The van der Waals surface area contributed by atoms with Crippen LogP contribution in [0.2, 0.25) is 0 Å². The van der Waals surface area contributed by atoms with E-state index < -0.39 is 0 Å². The van der Waals surface area contributed by atoms with Gasteiger partial charge in [-0.2, -0.15) is 0 Å².